The highest BCUT2D eigenvalue weighted by Gasteiger charge is 2.12. The Balaban J connectivity index is 2.69. The van der Waals surface area contributed by atoms with Crippen LogP contribution in [0.5, 0.6) is 5.75 Å². The number of methoxy groups -OCH3 is 1. The second kappa shape index (κ2) is 6.57. The van der Waals surface area contributed by atoms with E-state index < -0.39 is 0 Å². The lowest BCUT2D eigenvalue weighted by atomic mass is 9.89. The predicted molar refractivity (Wildman–Crippen MR) is 69.9 cm³/mol. The smallest absolute Gasteiger partial charge is 0.122 e. The first kappa shape index (κ1) is 13.1. The third-order valence-electron chi connectivity index (χ3n) is 3.08. The van der Waals surface area contributed by atoms with Crippen LogP contribution in [-0.2, 0) is 6.42 Å². The van der Waals surface area contributed by atoms with Gasteiger partial charge in [-0.15, -0.1) is 0 Å². The minimum absolute atomic E-state index is 0.774. The fraction of sp³-hybridized carbons (Fsp3) is 0.600. The molecule has 1 nitrogen and oxygen atoms in total. The van der Waals surface area contributed by atoms with Crippen molar-refractivity contribution in [3.05, 3.63) is 29.8 Å². The number of hydrogen-bond acceptors (Lipinski definition) is 1. The maximum atomic E-state index is 5.40. The second-order valence-electron chi connectivity index (χ2n) is 4.92. The molecule has 0 fully saturated rings. The van der Waals surface area contributed by atoms with Gasteiger partial charge in [-0.2, -0.15) is 0 Å². The van der Waals surface area contributed by atoms with Crippen LogP contribution in [0, 0.1) is 11.8 Å². The molecular formula is C15H24O. The number of benzene rings is 1. The summed E-state index contributed by atoms with van der Waals surface area (Å²) in [6.07, 6.45) is 3.68. The molecule has 0 aliphatic carbocycles. The Kier molecular flexibility index (Phi) is 5.37. The number of para-hydroxylation sites is 1. The van der Waals surface area contributed by atoms with Crippen molar-refractivity contribution < 1.29 is 4.74 Å². The van der Waals surface area contributed by atoms with E-state index in [-0.39, 0.29) is 0 Å². The third-order valence-corrected chi connectivity index (χ3v) is 3.08. The van der Waals surface area contributed by atoms with Gasteiger partial charge in [0.2, 0.25) is 0 Å². The van der Waals surface area contributed by atoms with Crippen molar-refractivity contribution in [3.8, 4) is 5.75 Å². The Morgan fingerprint density at radius 1 is 1.19 bits per heavy atom. The molecule has 0 heterocycles. The van der Waals surface area contributed by atoms with E-state index in [1.807, 2.05) is 6.07 Å². The molecule has 0 spiro atoms. The predicted octanol–water partition coefficient (Wildman–Crippen LogP) is 4.31. The number of rotatable bonds is 6. The molecular weight excluding hydrogens is 196 g/mol. The first-order chi connectivity index (χ1) is 7.67. The van der Waals surface area contributed by atoms with Gasteiger partial charge in [0.15, 0.2) is 0 Å². The Hall–Kier alpha value is -0.980. The molecule has 1 heteroatoms. The molecule has 1 rings (SSSR count). The lowest BCUT2D eigenvalue weighted by Crippen LogP contribution is -2.07. The molecule has 0 radical (unpaired) electrons. The maximum Gasteiger partial charge on any atom is 0.122 e. The Morgan fingerprint density at radius 2 is 1.88 bits per heavy atom. The molecule has 0 aliphatic heterocycles. The molecule has 1 aromatic rings. The largest absolute Gasteiger partial charge is 0.496 e. The van der Waals surface area contributed by atoms with Gasteiger partial charge in [-0.3, -0.25) is 0 Å². The number of ether oxygens (including phenoxy) is 1. The van der Waals surface area contributed by atoms with E-state index in [2.05, 4.69) is 39.0 Å². The SMILES string of the molecule is CCC(Cc1ccccc1OC)CC(C)C. The summed E-state index contributed by atoms with van der Waals surface area (Å²) >= 11 is 0. The summed E-state index contributed by atoms with van der Waals surface area (Å²) in [5.74, 6) is 2.58. The summed E-state index contributed by atoms with van der Waals surface area (Å²) in [5.41, 5.74) is 1.34. The highest BCUT2D eigenvalue weighted by atomic mass is 16.5. The van der Waals surface area contributed by atoms with Crippen LogP contribution in [0.2, 0.25) is 0 Å². The molecule has 16 heavy (non-hydrogen) atoms. The van der Waals surface area contributed by atoms with Crippen molar-refractivity contribution >= 4 is 0 Å². The van der Waals surface area contributed by atoms with Gasteiger partial charge in [-0.1, -0.05) is 45.4 Å². The van der Waals surface area contributed by atoms with Crippen LogP contribution < -0.4 is 4.74 Å². The summed E-state index contributed by atoms with van der Waals surface area (Å²) in [6, 6.07) is 8.37. The van der Waals surface area contributed by atoms with Gasteiger partial charge in [-0.25, -0.2) is 0 Å². The molecule has 0 bridgehead atoms. The average Bonchev–Trinajstić information content (AvgIpc) is 2.28. The van der Waals surface area contributed by atoms with Gasteiger partial charge in [0.05, 0.1) is 7.11 Å². The van der Waals surface area contributed by atoms with Crippen molar-refractivity contribution in [3.63, 3.8) is 0 Å². The van der Waals surface area contributed by atoms with Gasteiger partial charge in [0.25, 0.3) is 0 Å². The zero-order valence-corrected chi connectivity index (χ0v) is 11.0. The van der Waals surface area contributed by atoms with Crippen LogP contribution in [0.1, 0.15) is 39.2 Å². The van der Waals surface area contributed by atoms with Gasteiger partial charge < -0.3 is 4.74 Å². The fourth-order valence-electron chi connectivity index (χ4n) is 2.24. The van der Waals surface area contributed by atoms with E-state index in [1.54, 1.807) is 7.11 Å². The molecule has 0 amide bonds. The molecule has 1 aromatic carbocycles. The summed E-state index contributed by atoms with van der Waals surface area (Å²) in [4.78, 5) is 0. The van der Waals surface area contributed by atoms with E-state index in [1.165, 1.54) is 18.4 Å². The second-order valence-corrected chi connectivity index (χ2v) is 4.92. The molecule has 0 saturated carbocycles. The van der Waals surface area contributed by atoms with Gasteiger partial charge in [0.1, 0.15) is 5.75 Å². The zero-order chi connectivity index (χ0) is 12.0. The average molecular weight is 220 g/mol. The van der Waals surface area contributed by atoms with Crippen molar-refractivity contribution in [1.29, 1.82) is 0 Å². The standard InChI is InChI=1S/C15H24O/c1-5-13(10-12(2)3)11-14-8-6-7-9-15(14)16-4/h6-9,12-13H,5,10-11H2,1-4H3. The lowest BCUT2D eigenvalue weighted by molar-refractivity contribution is 0.377. The first-order valence-corrected chi connectivity index (χ1v) is 6.29. The third kappa shape index (κ3) is 3.88. The Bertz CT molecular complexity index is 304. The summed E-state index contributed by atoms with van der Waals surface area (Å²) in [5, 5.41) is 0. The molecule has 0 aromatic heterocycles. The molecule has 0 aliphatic rings. The van der Waals surface area contributed by atoms with E-state index >= 15 is 0 Å². The molecule has 0 saturated heterocycles. The van der Waals surface area contributed by atoms with Crippen LogP contribution in [0.3, 0.4) is 0 Å². The normalized spacial score (nSPS) is 12.8. The van der Waals surface area contributed by atoms with Gasteiger partial charge in [0, 0.05) is 0 Å². The van der Waals surface area contributed by atoms with Gasteiger partial charge >= 0.3 is 0 Å². The minimum atomic E-state index is 0.774. The van der Waals surface area contributed by atoms with E-state index in [0.29, 0.717) is 0 Å². The quantitative estimate of drug-likeness (QED) is 0.694. The van der Waals surface area contributed by atoms with Crippen molar-refractivity contribution in [1.82, 2.24) is 0 Å². The molecule has 0 N–H and O–H groups in total. The Labute approximate surface area is 99.8 Å². The Morgan fingerprint density at radius 3 is 2.44 bits per heavy atom. The maximum absolute atomic E-state index is 5.40. The fourth-order valence-corrected chi connectivity index (χ4v) is 2.24. The summed E-state index contributed by atoms with van der Waals surface area (Å²) in [7, 11) is 1.75. The number of hydrogen-bond donors (Lipinski definition) is 0. The zero-order valence-electron chi connectivity index (χ0n) is 11.0. The summed E-state index contributed by atoms with van der Waals surface area (Å²) in [6.45, 7) is 6.87. The van der Waals surface area contributed by atoms with Crippen molar-refractivity contribution in [2.45, 2.75) is 40.0 Å². The van der Waals surface area contributed by atoms with Gasteiger partial charge in [-0.05, 0) is 36.3 Å². The van der Waals surface area contributed by atoms with Crippen molar-refractivity contribution in [2.24, 2.45) is 11.8 Å². The van der Waals surface area contributed by atoms with E-state index in [0.717, 1.165) is 24.0 Å². The minimum Gasteiger partial charge on any atom is -0.496 e. The molecule has 90 valence electrons. The lowest BCUT2D eigenvalue weighted by Gasteiger charge is -2.18. The van der Waals surface area contributed by atoms with E-state index in [9.17, 15) is 0 Å². The topological polar surface area (TPSA) is 9.23 Å². The molecule has 1 atom stereocenters. The first-order valence-electron chi connectivity index (χ1n) is 6.29. The highest BCUT2D eigenvalue weighted by molar-refractivity contribution is 5.33. The van der Waals surface area contributed by atoms with Crippen LogP contribution >= 0.6 is 0 Å². The molecule has 1 unspecified atom stereocenters. The van der Waals surface area contributed by atoms with Crippen LogP contribution in [0.25, 0.3) is 0 Å². The van der Waals surface area contributed by atoms with Crippen LogP contribution in [0.4, 0.5) is 0 Å². The van der Waals surface area contributed by atoms with Crippen LogP contribution in [-0.4, -0.2) is 7.11 Å². The van der Waals surface area contributed by atoms with Crippen LogP contribution in [0.15, 0.2) is 24.3 Å². The monoisotopic (exact) mass is 220 g/mol. The van der Waals surface area contributed by atoms with Crippen molar-refractivity contribution in [2.75, 3.05) is 7.11 Å². The highest BCUT2D eigenvalue weighted by Crippen LogP contribution is 2.25. The summed E-state index contributed by atoms with van der Waals surface area (Å²) < 4.78 is 5.40. The van der Waals surface area contributed by atoms with E-state index in [4.69, 9.17) is 4.74 Å².